The number of imide groups is 1. The standard InChI is InChI=1S/C26H27BrN2O5S/c1-33-21-13-19(20(27)15-22(21)34-17-18-9-5-4-6-10-18)14-23-25(31)29(26(32)35-23)16-24(30)28-11-7-2-3-8-12-28/h4-6,9-10,13-15H,2-3,7-8,11-12,16-17H2,1H3. The Bertz CT molecular complexity index is 1130. The number of carbonyl (C=O) groups excluding carboxylic acids is 3. The smallest absolute Gasteiger partial charge is 0.294 e. The number of ether oxygens (including phenoxy) is 2. The summed E-state index contributed by atoms with van der Waals surface area (Å²) in [5.41, 5.74) is 1.69. The Balaban J connectivity index is 1.47. The van der Waals surface area contributed by atoms with Gasteiger partial charge in [0.1, 0.15) is 13.2 Å². The molecule has 7 nitrogen and oxygen atoms in total. The molecule has 0 aromatic heterocycles. The zero-order valence-electron chi connectivity index (χ0n) is 19.5. The second-order valence-corrected chi connectivity index (χ2v) is 10.2. The Labute approximate surface area is 217 Å². The number of methoxy groups -OCH3 is 1. The first-order valence-electron chi connectivity index (χ1n) is 11.5. The van der Waals surface area contributed by atoms with Crippen molar-refractivity contribution in [2.75, 3.05) is 26.7 Å². The average Bonchev–Trinajstić information content (AvgIpc) is 3.05. The Hall–Kier alpha value is -2.78. The summed E-state index contributed by atoms with van der Waals surface area (Å²) in [5, 5.41) is -0.435. The quantitative estimate of drug-likeness (QED) is 0.419. The fraction of sp³-hybridized carbons (Fsp3) is 0.346. The fourth-order valence-corrected chi connectivity index (χ4v) is 5.27. The van der Waals surface area contributed by atoms with Gasteiger partial charge in [-0.25, -0.2) is 0 Å². The molecule has 0 aliphatic carbocycles. The van der Waals surface area contributed by atoms with E-state index in [1.807, 2.05) is 30.3 Å². The van der Waals surface area contributed by atoms with Crippen LogP contribution in [0.4, 0.5) is 4.79 Å². The average molecular weight is 559 g/mol. The molecular formula is C26H27BrN2O5S. The van der Waals surface area contributed by atoms with Crippen molar-refractivity contribution >= 4 is 50.8 Å². The maximum Gasteiger partial charge on any atom is 0.294 e. The number of carbonyl (C=O) groups is 3. The first-order valence-corrected chi connectivity index (χ1v) is 13.1. The zero-order chi connectivity index (χ0) is 24.8. The fourth-order valence-electron chi connectivity index (χ4n) is 4.00. The van der Waals surface area contributed by atoms with E-state index < -0.39 is 11.1 Å². The third-order valence-corrected chi connectivity index (χ3v) is 7.53. The molecule has 9 heteroatoms. The molecule has 2 aliphatic rings. The summed E-state index contributed by atoms with van der Waals surface area (Å²) in [7, 11) is 1.55. The molecule has 0 unspecified atom stereocenters. The molecule has 2 heterocycles. The van der Waals surface area contributed by atoms with E-state index in [1.165, 1.54) is 0 Å². The van der Waals surface area contributed by atoms with Gasteiger partial charge in [-0.15, -0.1) is 0 Å². The highest BCUT2D eigenvalue weighted by molar-refractivity contribution is 9.10. The van der Waals surface area contributed by atoms with Gasteiger partial charge in [-0.05, 0) is 53.9 Å². The molecule has 0 atom stereocenters. The van der Waals surface area contributed by atoms with Gasteiger partial charge in [0.05, 0.1) is 12.0 Å². The molecule has 2 aromatic rings. The Kier molecular flexibility index (Phi) is 8.51. The summed E-state index contributed by atoms with van der Waals surface area (Å²) >= 11 is 4.37. The topological polar surface area (TPSA) is 76.2 Å². The summed E-state index contributed by atoms with van der Waals surface area (Å²) in [6.07, 6.45) is 5.74. The molecular weight excluding hydrogens is 532 g/mol. The van der Waals surface area contributed by atoms with Crippen molar-refractivity contribution in [3.63, 3.8) is 0 Å². The van der Waals surface area contributed by atoms with Gasteiger partial charge in [-0.1, -0.05) is 59.1 Å². The lowest BCUT2D eigenvalue weighted by molar-refractivity contribution is -0.135. The molecule has 0 saturated carbocycles. The Morgan fingerprint density at radius 2 is 1.77 bits per heavy atom. The van der Waals surface area contributed by atoms with Crippen LogP contribution in [0.25, 0.3) is 6.08 Å². The van der Waals surface area contributed by atoms with Gasteiger partial charge >= 0.3 is 0 Å². The Morgan fingerprint density at radius 1 is 1.06 bits per heavy atom. The second kappa shape index (κ2) is 11.8. The van der Waals surface area contributed by atoms with Crippen LogP contribution in [0, 0.1) is 0 Å². The molecule has 3 amide bonds. The number of thioether (sulfide) groups is 1. The molecule has 184 valence electrons. The highest BCUT2D eigenvalue weighted by atomic mass is 79.9. The van der Waals surface area contributed by atoms with Crippen molar-refractivity contribution in [1.29, 1.82) is 0 Å². The molecule has 35 heavy (non-hydrogen) atoms. The molecule has 4 rings (SSSR count). The monoisotopic (exact) mass is 558 g/mol. The third-order valence-electron chi connectivity index (χ3n) is 5.93. The number of hydrogen-bond donors (Lipinski definition) is 0. The van der Waals surface area contributed by atoms with E-state index in [1.54, 1.807) is 30.2 Å². The van der Waals surface area contributed by atoms with Crippen molar-refractivity contribution in [2.45, 2.75) is 32.3 Å². The molecule has 2 saturated heterocycles. The maximum absolute atomic E-state index is 13.0. The predicted molar refractivity (Wildman–Crippen MR) is 139 cm³/mol. The molecule has 0 N–H and O–H groups in total. The SMILES string of the molecule is COc1cc(C=C2SC(=O)N(CC(=O)N3CCCCCC3)C2=O)c(Br)cc1OCc1ccccc1. The minimum absolute atomic E-state index is 0.182. The zero-order valence-corrected chi connectivity index (χ0v) is 21.9. The minimum Gasteiger partial charge on any atom is -0.493 e. The highest BCUT2D eigenvalue weighted by Crippen LogP contribution is 2.38. The van der Waals surface area contributed by atoms with Crippen LogP contribution in [0.1, 0.15) is 36.8 Å². The number of nitrogens with zero attached hydrogens (tertiary/aromatic N) is 2. The van der Waals surface area contributed by atoms with E-state index in [0.29, 0.717) is 41.2 Å². The predicted octanol–water partition coefficient (Wildman–Crippen LogP) is 5.48. The first-order chi connectivity index (χ1) is 17.0. The van der Waals surface area contributed by atoms with Gasteiger partial charge in [0.2, 0.25) is 5.91 Å². The number of halogens is 1. The number of amides is 3. The van der Waals surface area contributed by atoms with E-state index >= 15 is 0 Å². The van der Waals surface area contributed by atoms with Gasteiger partial charge in [0, 0.05) is 17.6 Å². The minimum atomic E-state index is -0.460. The maximum atomic E-state index is 13.0. The summed E-state index contributed by atoms with van der Waals surface area (Å²) in [6, 6.07) is 13.3. The highest BCUT2D eigenvalue weighted by Gasteiger charge is 2.37. The number of rotatable bonds is 7. The van der Waals surface area contributed by atoms with Crippen LogP contribution in [0.3, 0.4) is 0 Å². The van der Waals surface area contributed by atoms with Crippen LogP contribution in [-0.4, -0.2) is 53.6 Å². The number of benzene rings is 2. The third kappa shape index (κ3) is 6.27. The van der Waals surface area contributed by atoms with Crippen LogP contribution >= 0.6 is 27.7 Å². The largest absolute Gasteiger partial charge is 0.493 e. The molecule has 0 radical (unpaired) electrons. The van der Waals surface area contributed by atoms with Crippen LogP contribution in [0.15, 0.2) is 51.8 Å². The molecule has 2 aromatic carbocycles. The number of hydrogen-bond acceptors (Lipinski definition) is 6. The van der Waals surface area contributed by atoms with E-state index in [9.17, 15) is 14.4 Å². The van der Waals surface area contributed by atoms with E-state index in [0.717, 1.165) is 47.9 Å². The van der Waals surface area contributed by atoms with Crippen molar-refractivity contribution in [1.82, 2.24) is 9.80 Å². The van der Waals surface area contributed by atoms with Gasteiger partial charge in [0.25, 0.3) is 11.1 Å². The Morgan fingerprint density at radius 3 is 2.46 bits per heavy atom. The summed E-state index contributed by atoms with van der Waals surface area (Å²) in [4.78, 5) is 41.3. The molecule has 2 aliphatic heterocycles. The van der Waals surface area contributed by atoms with Gasteiger partial charge in [-0.2, -0.15) is 0 Å². The summed E-state index contributed by atoms with van der Waals surface area (Å²) in [6.45, 7) is 1.51. The van der Waals surface area contributed by atoms with Crippen molar-refractivity contribution in [3.05, 3.63) is 63.0 Å². The van der Waals surface area contributed by atoms with Crippen LogP contribution in [0.2, 0.25) is 0 Å². The molecule has 0 bridgehead atoms. The van der Waals surface area contributed by atoms with E-state index in [-0.39, 0.29) is 17.4 Å². The lowest BCUT2D eigenvalue weighted by Crippen LogP contribution is -2.42. The normalized spacial score (nSPS) is 17.6. The van der Waals surface area contributed by atoms with Gasteiger partial charge in [-0.3, -0.25) is 19.3 Å². The van der Waals surface area contributed by atoms with Crippen molar-refractivity contribution in [2.24, 2.45) is 0 Å². The summed E-state index contributed by atoms with van der Waals surface area (Å²) < 4.78 is 12.1. The number of likely N-dealkylation sites (tertiary alicyclic amines) is 1. The second-order valence-electron chi connectivity index (χ2n) is 8.36. The van der Waals surface area contributed by atoms with Crippen molar-refractivity contribution in [3.8, 4) is 11.5 Å². The first kappa shape index (κ1) is 25.3. The van der Waals surface area contributed by atoms with Crippen LogP contribution in [0.5, 0.6) is 11.5 Å². The summed E-state index contributed by atoms with van der Waals surface area (Å²) in [5.74, 6) is 0.416. The molecule has 0 spiro atoms. The van der Waals surface area contributed by atoms with Gasteiger partial charge < -0.3 is 14.4 Å². The van der Waals surface area contributed by atoms with Crippen LogP contribution < -0.4 is 9.47 Å². The van der Waals surface area contributed by atoms with Gasteiger partial charge in [0.15, 0.2) is 11.5 Å². The van der Waals surface area contributed by atoms with E-state index in [2.05, 4.69) is 15.9 Å². The van der Waals surface area contributed by atoms with Crippen LogP contribution in [-0.2, 0) is 16.2 Å². The molecule has 2 fully saturated rings. The van der Waals surface area contributed by atoms with Crippen molar-refractivity contribution < 1.29 is 23.9 Å². The lowest BCUT2D eigenvalue weighted by atomic mass is 10.1. The lowest BCUT2D eigenvalue weighted by Gasteiger charge is -2.22. The van der Waals surface area contributed by atoms with E-state index in [4.69, 9.17) is 9.47 Å².